The van der Waals surface area contributed by atoms with Crippen LogP contribution in [0, 0.1) is 11.2 Å². The van der Waals surface area contributed by atoms with Crippen LogP contribution in [-0.4, -0.2) is 4.98 Å². The minimum atomic E-state index is -0.207. The molecule has 0 aliphatic rings. The molecule has 0 aliphatic heterocycles. The summed E-state index contributed by atoms with van der Waals surface area (Å²) in [7, 11) is 0. The van der Waals surface area contributed by atoms with Crippen molar-refractivity contribution in [3.8, 4) is 0 Å². The van der Waals surface area contributed by atoms with E-state index in [0.29, 0.717) is 0 Å². The summed E-state index contributed by atoms with van der Waals surface area (Å²) in [6.45, 7) is 8.46. The fourth-order valence-electron chi connectivity index (χ4n) is 1.10. The van der Waals surface area contributed by atoms with E-state index >= 15 is 0 Å². The van der Waals surface area contributed by atoms with Crippen molar-refractivity contribution in [2.75, 3.05) is 0 Å². The number of aromatic nitrogens is 1. The average Bonchev–Trinajstić information content (AvgIpc) is 2.01. The fraction of sp³-hybridized carbons (Fsp3) is 0.545. The lowest BCUT2D eigenvalue weighted by Crippen LogP contribution is -2.16. The van der Waals surface area contributed by atoms with Gasteiger partial charge in [-0.2, -0.15) is 0 Å². The highest BCUT2D eigenvalue weighted by molar-refractivity contribution is 5.12. The average molecular weight is 181 g/mol. The maximum atomic E-state index is 12.9. The third-order valence-electron chi connectivity index (χ3n) is 2.49. The van der Waals surface area contributed by atoms with E-state index in [1.54, 1.807) is 0 Å². The van der Waals surface area contributed by atoms with Crippen LogP contribution in [0.4, 0.5) is 4.39 Å². The number of hydrogen-bond acceptors (Lipinski definition) is 1. The smallest absolute Gasteiger partial charge is 0.126 e. The zero-order valence-corrected chi connectivity index (χ0v) is 8.63. The Bertz CT molecular complexity index is 288. The molecule has 0 radical (unpaired) electrons. The Morgan fingerprint density at radius 1 is 1.38 bits per heavy atom. The van der Waals surface area contributed by atoms with Gasteiger partial charge >= 0.3 is 0 Å². The van der Waals surface area contributed by atoms with E-state index in [1.165, 1.54) is 18.3 Å². The first-order chi connectivity index (χ1) is 5.91. The van der Waals surface area contributed by atoms with Crippen molar-refractivity contribution in [1.29, 1.82) is 0 Å². The number of nitrogens with zero attached hydrogens (tertiary/aromatic N) is 1. The fourth-order valence-corrected chi connectivity index (χ4v) is 1.10. The maximum Gasteiger partial charge on any atom is 0.126 e. The molecule has 1 atom stereocenters. The van der Waals surface area contributed by atoms with E-state index < -0.39 is 0 Å². The summed E-state index contributed by atoms with van der Waals surface area (Å²) in [5.74, 6) is 0.0595. The van der Waals surface area contributed by atoms with Gasteiger partial charge in [0, 0.05) is 17.8 Å². The van der Waals surface area contributed by atoms with Crippen molar-refractivity contribution in [2.45, 2.75) is 33.6 Å². The van der Waals surface area contributed by atoms with Gasteiger partial charge in [-0.3, -0.25) is 4.98 Å². The highest BCUT2D eigenvalue weighted by atomic mass is 19.1. The quantitative estimate of drug-likeness (QED) is 0.647. The number of halogens is 1. The van der Waals surface area contributed by atoms with E-state index in [4.69, 9.17) is 0 Å². The van der Waals surface area contributed by atoms with Crippen LogP contribution in [0.2, 0.25) is 0 Å². The molecule has 0 spiro atoms. The van der Waals surface area contributed by atoms with Gasteiger partial charge in [-0.05, 0) is 17.5 Å². The van der Waals surface area contributed by atoms with Crippen LogP contribution < -0.4 is 0 Å². The Morgan fingerprint density at radius 2 is 2.00 bits per heavy atom. The molecule has 13 heavy (non-hydrogen) atoms. The van der Waals surface area contributed by atoms with Crippen LogP contribution >= 0.6 is 0 Å². The third-order valence-corrected chi connectivity index (χ3v) is 2.49. The van der Waals surface area contributed by atoms with Gasteiger partial charge in [-0.15, -0.1) is 0 Å². The lowest BCUT2D eigenvalue weighted by atomic mass is 9.80. The van der Waals surface area contributed by atoms with Crippen molar-refractivity contribution in [1.82, 2.24) is 4.98 Å². The molecule has 1 rings (SSSR count). The molecular formula is C11H16FN. The summed E-state index contributed by atoms with van der Waals surface area (Å²) in [5, 5.41) is 0. The largest absolute Gasteiger partial charge is 0.261 e. The molecule has 1 aromatic heterocycles. The third kappa shape index (κ3) is 2.51. The van der Waals surface area contributed by atoms with Crippen molar-refractivity contribution in [3.05, 3.63) is 29.8 Å². The molecule has 0 aliphatic carbocycles. The summed E-state index contributed by atoms with van der Waals surface area (Å²) in [4.78, 5) is 4.17. The Hall–Kier alpha value is -0.920. The summed E-state index contributed by atoms with van der Waals surface area (Å²) in [6.07, 6.45) is 1.52. The first-order valence-electron chi connectivity index (χ1n) is 4.52. The molecule has 0 bridgehead atoms. The van der Waals surface area contributed by atoms with Crippen LogP contribution in [0.1, 0.15) is 39.3 Å². The molecule has 1 aromatic rings. The predicted octanol–water partition coefficient (Wildman–Crippen LogP) is 3.37. The molecule has 0 amide bonds. The van der Waals surface area contributed by atoms with Gasteiger partial charge in [-0.1, -0.05) is 27.7 Å². The Kier molecular flexibility index (Phi) is 2.69. The van der Waals surface area contributed by atoms with Crippen molar-refractivity contribution in [3.63, 3.8) is 0 Å². The molecule has 0 saturated carbocycles. The van der Waals surface area contributed by atoms with E-state index in [0.717, 1.165) is 5.69 Å². The van der Waals surface area contributed by atoms with Crippen LogP contribution in [-0.2, 0) is 0 Å². The van der Waals surface area contributed by atoms with Gasteiger partial charge in [0.15, 0.2) is 0 Å². The van der Waals surface area contributed by atoms with Crippen molar-refractivity contribution >= 4 is 0 Å². The first kappa shape index (κ1) is 10.2. The van der Waals surface area contributed by atoms with E-state index in [2.05, 4.69) is 32.7 Å². The first-order valence-corrected chi connectivity index (χ1v) is 4.52. The molecule has 0 N–H and O–H groups in total. The van der Waals surface area contributed by atoms with Crippen molar-refractivity contribution in [2.24, 2.45) is 5.41 Å². The van der Waals surface area contributed by atoms with Crippen LogP contribution in [0.25, 0.3) is 0 Å². The van der Waals surface area contributed by atoms with Gasteiger partial charge in [0.25, 0.3) is 0 Å². The topological polar surface area (TPSA) is 12.9 Å². The Labute approximate surface area is 79.0 Å². The lowest BCUT2D eigenvalue weighted by molar-refractivity contribution is 0.333. The maximum absolute atomic E-state index is 12.9. The number of pyridine rings is 1. The van der Waals surface area contributed by atoms with Gasteiger partial charge in [0.2, 0.25) is 0 Å². The van der Waals surface area contributed by atoms with Crippen LogP contribution in [0.5, 0.6) is 0 Å². The summed E-state index contributed by atoms with van der Waals surface area (Å²) in [6, 6.07) is 2.88. The van der Waals surface area contributed by atoms with Gasteiger partial charge < -0.3 is 0 Å². The standard InChI is InChI=1S/C11H16FN/c1-8(11(2,3)4)10-7-9(12)5-6-13-10/h5-8H,1-4H3. The molecule has 1 heterocycles. The second-order valence-corrected chi connectivity index (χ2v) is 4.49. The minimum Gasteiger partial charge on any atom is -0.261 e. The minimum absolute atomic E-state index is 0.126. The second-order valence-electron chi connectivity index (χ2n) is 4.49. The summed E-state index contributed by atoms with van der Waals surface area (Å²) < 4.78 is 12.9. The lowest BCUT2D eigenvalue weighted by Gasteiger charge is -2.26. The van der Waals surface area contributed by atoms with Gasteiger partial charge in [0.1, 0.15) is 5.82 Å². The molecular weight excluding hydrogens is 165 g/mol. The van der Waals surface area contributed by atoms with E-state index in [9.17, 15) is 4.39 Å². The van der Waals surface area contributed by atoms with Crippen LogP contribution in [0.15, 0.2) is 18.3 Å². The number of hydrogen-bond donors (Lipinski definition) is 0. The Morgan fingerprint density at radius 3 is 2.46 bits per heavy atom. The molecule has 0 aromatic carbocycles. The Balaban J connectivity index is 2.96. The number of rotatable bonds is 1. The monoisotopic (exact) mass is 181 g/mol. The molecule has 1 unspecified atom stereocenters. The summed E-state index contributed by atoms with van der Waals surface area (Å²) >= 11 is 0. The highest BCUT2D eigenvalue weighted by Crippen LogP contribution is 2.33. The molecule has 0 saturated heterocycles. The predicted molar refractivity (Wildman–Crippen MR) is 52.1 cm³/mol. The van der Waals surface area contributed by atoms with Crippen molar-refractivity contribution < 1.29 is 4.39 Å². The summed E-state index contributed by atoms with van der Waals surface area (Å²) in [5.41, 5.74) is 0.952. The SMILES string of the molecule is CC(c1cc(F)ccn1)C(C)(C)C. The molecule has 2 heteroatoms. The van der Waals surface area contributed by atoms with Crippen LogP contribution in [0.3, 0.4) is 0 Å². The van der Waals surface area contributed by atoms with Gasteiger partial charge in [-0.25, -0.2) is 4.39 Å². The second kappa shape index (κ2) is 3.44. The normalized spacial score (nSPS) is 14.2. The zero-order valence-electron chi connectivity index (χ0n) is 8.63. The molecule has 0 fully saturated rings. The molecule has 1 nitrogen and oxygen atoms in total. The van der Waals surface area contributed by atoms with E-state index in [1.807, 2.05) is 0 Å². The van der Waals surface area contributed by atoms with E-state index in [-0.39, 0.29) is 17.2 Å². The van der Waals surface area contributed by atoms with Gasteiger partial charge in [0.05, 0.1) is 0 Å². The zero-order chi connectivity index (χ0) is 10.1. The molecule has 72 valence electrons. The highest BCUT2D eigenvalue weighted by Gasteiger charge is 2.22.